The summed E-state index contributed by atoms with van der Waals surface area (Å²) < 4.78 is 5.12. The van der Waals surface area contributed by atoms with Gasteiger partial charge in [-0.1, -0.05) is 19.1 Å². The minimum absolute atomic E-state index is 0.0903. The summed E-state index contributed by atoms with van der Waals surface area (Å²) in [6.45, 7) is 4.59. The normalized spacial score (nSPS) is 24.2. The van der Waals surface area contributed by atoms with E-state index < -0.39 is 5.54 Å². The molecule has 1 atom stereocenters. The van der Waals surface area contributed by atoms with Gasteiger partial charge in [0, 0.05) is 6.54 Å². The van der Waals surface area contributed by atoms with Gasteiger partial charge in [0.05, 0.1) is 7.11 Å². The topological polar surface area (TPSA) is 62.7 Å². The maximum absolute atomic E-state index is 12.1. The van der Waals surface area contributed by atoms with Gasteiger partial charge in [-0.2, -0.15) is 0 Å². The molecule has 0 saturated carbocycles. The van der Waals surface area contributed by atoms with Gasteiger partial charge in [-0.05, 0) is 31.0 Å². The molecular formula is C14H19N3O2. The summed E-state index contributed by atoms with van der Waals surface area (Å²) in [6.07, 6.45) is 0.945. The van der Waals surface area contributed by atoms with Gasteiger partial charge in [-0.25, -0.2) is 0 Å². The van der Waals surface area contributed by atoms with Crippen molar-refractivity contribution in [1.82, 2.24) is 10.6 Å². The summed E-state index contributed by atoms with van der Waals surface area (Å²) in [5, 5.41) is 5.93. The fraction of sp³-hybridized carbons (Fsp3) is 0.429. The Morgan fingerprint density at radius 3 is 2.58 bits per heavy atom. The highest BCUT2D eigenvalue weighted by molar-refractivity contribution is 6.09. The number of hydrogen-bond donors (Lipinski definition) is 2. The van der Waals surface area contributed by atoms with Crippen molar-refractivity contribution in [3.8, 4) is 5.75 Å². The van der Waals surface area contributed by atoms with Crippen LogP contribution in [0.1, 0.15) is 25.8 Å². The predicted octanol–water partition coefficient (Wildman–Crippen LogP) is 1.40. The monoisotopic (exact) mass is 261 g/mol. The molecular weight excluding hydrogens is 242 g/mol. The van der Waals surface area contributed by atoms with Gasteiger partial charge >= 0.3 is 0 Å². The summed E-state index contributed by atoms with van der Waals surface area (Å²) >= 11 is 0. The zero-order valence-electron chi connectivity index (χ0n) is 11.5. The minimum atomic E-state index is -0.779. The molecule has 0 spiro atoms. The standard InChI is InChI=1S/C14H19N3O2/c1-4-9-15-13-16-12(18)14(2,17-13)10-5-7-11(19-3)8-6-10/h5-8H,4,9H2,1-3H3,(H2,15,16,17,18). The van der Waals surface area contributed by atoms with Crippen LogP contribution in [0, 0.1) is 0 Å². The molecule has 0 aromatic heterocycles. The molecule has 5 heteroatoms. The number of amides is 1. The molecule has 1 amide bonds. The molecule has 5 nitrogen and oxygen atoms in total. The molecule has 0 radical (unpaired) electrons. The number of ether oxygens (including phenoxy) is 1. The molecule has 0 aliphatic carbocycles. The number of carbonyl (C=O) groups is 1. The Kier molecular flexibility index (Phi) is 3.74. The minimum Gasteiger partial charge on any atom is -0.497 e. The highest BCUT2D eigenvalue weighted by atomic mass is 16.5. The molecule has 1 aliphatic heterocycles. The molecule has 1 unspecified atom stereocenters. The molecule has 1 fully saturated rings. The third kappa shape index (κ3) is 2.54. The summed E-state index contributed by atoms with van der Waals surface area (Å²) in [6, 6.07) is 7.45. The Labute approximate surface area is 113 Å². The number of carbonyl (C=O) groups excluding carboxylic acids is 1. The van der Waals surface area contributed by atoms with E-state index in [1.807, 2.05) is 38.1 Å². The van der Waals surface area contributed by atoms with Crippen molar-refractivity contribution in [2.75, 3.05) is 13.7 Å². The Balaban J connectivity index is 2.24. The highest BCUT2D eigenvalue weighted by Gasteiger charge is 2.42. The second kappa shape index (κ2) is 5.30. The lowest BCUT2D eigenvalue weighted by atomic mass is 9.92. The smallest absolute Gasteiger partial charge is 0.256 e. The Bertz CT molecular complexity index is 496. The third-order valence-corrected chi connectivity index (χ3v) is 3.22. The number of guanidine groups is 1. The molecule has 1 aromatic carbocycles. The summed E-state index contributed by atoms with van der Waals surface area (Å²) in [4.78, 5) is 16.4. The largest absolute Gasteiger partial charge is 0.497 e. The van der Waals surface area contributed by atoms with Gasteiger partial charge in [0.15, 0.2) is 5.96 Å². The molecule has 19 heavy (non-hydrogen) atoms. The Morgan fingerprint density at radius 2 is 2.00 bits per heavy atom. The SMILES string of the molecule is CCCN=C1NC(=O)C(C)(c2ccc(OC)cc2)N1. The molecule has 2 rings (SSSR count). The summed E-state index contributed by atoms with van der Waals surface area (Å²) in [5.41, 5.74) is 0.103. The third-order valence-electron chi connectivity index (χ3n) is 3.22. The van der Waals surface area contributed by atoms with Crippen molar-refractivity contribution in [2.45, 2.75) is 25.8 Å². The van der Waals surface area contributed by atoms with Crippen LogP contribution in [0.2, 0.25) is 0 Å². The van der Waals surface area contributed by atoms with Gasteiger partial charge in [-0.15, -0.1) is 0 Å². The van der Waals surface area contributed by atoms with E-state index in [2.05, 4.69) is 15.6 Å². The van der Waals surface area contributed by atoms with Crippen LogP contribution in [-0.4, -0.2) is 25.5 Å². The molecule has 1 heterocycles. The van der Waals surface area contributed by atoms with Gasteiger partial charge < -0.3 is 10.1 Å². The number of rotatable bonds is 4. The fourth-order valence-corrected chi connectivity index (χ4v) is 1.99. The zero-order valence-corrected chi connectivity index (χ0v) is 11.5. The zero-order chi connectivity index (χ0) is 13.9. The maximum atomic E-state index is 12.1. The second-order valence-corrected chi connectivity index (χ2v) is 4.66. The van der Waals surface area contributed by atoms with E-state index in [0.717, 1.165) is 17.7 Å². The van der Waals surface area contributed by atoms with Crippen molar-refractivity contribution in [1.29, 1.82) is 0 Å². The predicted molar refractivity (Wildman–Crippen MR) is 74.2 cm³/mol. The van der Waals surface area contributed by atoms with Crippen LogP contribution in [0.5, 0.6) is 5.75 Å². The molecule has 102 valence electrons. The number of benzene rings is 1. The van der Waals surface area contributed by atoms with Crippen LogP contribution >= 0.6 is 0 Å². The van der Waals surface area contributed by atoms with Crippen molar-refractivity contribution in [2.24, 2.45) is 4.99 Å². The van der Waals surface area contributed by atoms with Gasteiger partial charge in [0.1, 0.15) is 11.3 Å². The number of aliphatic imine (C=N–C) groups is 1. The lowest BCUT2D eigenvalue weighted by Crippen LogP contribution is -2.40. The van der Waals surface area contributed by atoms with E-state index in [1.54, 1.807) is 7.11 Å². The highest BCUT2D eigenvalue weighted by Crippen LogP contribution is 2.26. The quantitative estimate of drug-likeness (QED) is 0.861. The van der Waals surface area contributed by atoms with Gasteiger partial charge in [0.2, 0.25) is 0 Å². The molecule has 2 N–H and O–H groups in total. The van der Waals surface area contributed by atoms with E-state index in [4.69, 9.17) is 4.74 Å². The average molecular weight is 261 g/mol. The van der Waals surface area contributed by atoms with Crippen molar-refractivity contribution in [3.05, 3.63) is 29.8 Å². The van der Waals surface area contributed by atoms with E-state index >= 15 is 0 Å². The van der Waals surface area contributed by atoms with E-state index in [0.29, 0.717) is 12.5 Å². The fourth-order valence-electron chi connectivity index (χ4n) is 1.99. The van der Waals surface area contributed by atoms with Crippen LogP contribution in [0.15, 0.2) is 29.3 Å². The van der Waals surface area contributed by atoms with Crippen LogP contribution in [-0.2, 0) is 10.3 Å². The molecule has 1 aromatic rings. The van der Waals surface area contributed by atoms with Crippen molar-refractivity contribution < 1.29 is 9.53 Å². The average Bonchev–Trinajstić information content (AvgIpc) is 2.73. The Morgan fingerprint density at radius 1 is 1.32 bits per heavy atom. The van der Waals surface area contributed by atoms with Crippen LogP contribution in [0.25, 0.3) is 0 Å². The van der Waals surface area contributed by atoms with E-state index in [9.17, 15) is 4.79 Å². The number of methoxy groups -OCH3 is 1. The summed E-state index contributed by atoms with van der Waals surface area (Å²) in [7, 11) is 1.62. The lowest BCUT2D eigenvalue weighted by molar-refractivity contribution is -0.123. The number of nitrogens with zero attached hydrogens (tertiary/aromatic N) is 1. The van der Waals surface area contributed by atoms with Gasteiger partial charge in [0.25, 0.3) is 5.91 Å². The van der Waals surface area contributed by atoms with E-state index in [1.165, 1.54) is 0 Å². The van der Waals surface area contributed by atoms with Crippen LogP contribution in [0.3, 0.4) is 0 Å². The first-order valence-electron chi connectivity index (χ1n) is 6.38. The number of nitrogens with one attached hydrogen (secondary N) is 2. The van der Waals surface area contributed by atoms with Crippen LogP contribution in [0.4, 0.5) is 0 Å². The molecule has 0 bridgehead atoms. The second-order valence-electron chi connectivity index (χ2n) is 4.66. The Hall–Kier alpha value is -2.04. The first-order chi connectivity index (χ1) is 9.10. The molecule has 1 aliphatic rings. The number of hydrogen-bond acceptors (Lipinski definition) is 3. The van der Waals surface area contributed by atoms with Crippen LogP contribution < -0.4 is 15.4 Å². The van der Waals surface area contributed by atoms with Crippen molar-refractivity contribution >= 4 is 11.9 Å². The molecule has 1 saturated heterocycles. The first kappa shape index (κ1) is 13.4. The van der Waals surface area contributed by atoms with Crippen molar-refractivity contribution in [3.63, 3.8) is 0 Å². The maximum Gasteiger partial charge on any atom is 0.256 e. The van der Waals surface area contributed by atoms with Gasteiger partial charge in [-0.3, -0.25) is 15.1 Å². The first-order valence-corrected chi connectivity index (χ1v) is 6.38. The summed E-state index contributed by atoms with van der Waals surface area (Å²) in [5.74, 6) is 1.23. The lowest BCUT2D eigenvalue weighted by Gasteiger charge is -2.21. The van der Waals surface area contributed by atoms with E-state index in [-0.39, 0.29) is 5.91 Å².